The van der Waals surface area contributed by atoms with Crippen LogP contribution in [-0.2, 0) is 0 Å². The standard InChI is InChI=1S/C7H13NS/c9-7-3-4-8(5-7)6-1-2-6/h6-7,9H,1-5H2. The molecule has 52 valence electrons. The molecule has 0 N–H and O–H groups in total. The van der Waals surface area contributed by atoms with Crippen LogP contribution in [0.25, 0.3) is 0 Å². The Morgan fingerprint density at radius 3 is 2.44 bits per heavy atom. The molecular formula is C7H13NS. The van der Waals surface area contributed by atoms with Crippen LogP contribution in [0, 0.1) is 0 Å². The van der Waals surface area contributed by atoms with Gasteiger partial charge < -0.3 is 0 Å². The molecule has 0 bridgehead atoms. The predicted octanol–water partition coefficient (Wildman–Crippen LogP) is 1.15. The fourth-order valence-corrected chi connectivity index (χ4v) is 1.86. The summed E-state index contributed by atoms with van der Waals surface area (Å²) >= 11 is 4.43. The van der Waals surface area contributed by atoms with E-state index in [2.05, 4.69) is 17.5 Å². The Labute approximate surface area is 61.8 Å². The lowest BCUT2D eigenvalue weighted by Gasteiger charge is -2.12. The second-order valence-electron chi connectivity index (χ2n) is 3.17. The molecule has 1 saturated heterocycles. The summed E-state index contributed by atoms with van der Waals surface area (Å²) in [4.78, 5) is 2.58. The maximum Gasteiger partial charge on any atom is 0.0157 e. The van der Waals surface area contributed by atoms with E-state index in [-0.39, 0.29) is 0 Å². The lowest BCUT2D eigenvalue weighted by Crippen LogP contribution is -2.22. The summed E-state index contributed by atoms with van der Waals surface area (Å²) < 4.78 is 0. The van der Waals surface area contributed by atoms with Crippen LogP contribution < -0.4 is 0 Å². The first kappa shape index (κ1) is 6.05. The van der Waals surface area contributed by atoms with Crippen molar-refractivity contribution in [2.75, 3.05) is 13.1 Å². The van der Waals surface area contributed by atoms with Gasteiger partial charge in [0.05, 0.1) is 0 Å². The van der Waals surface area contributed by atoms with Crippen LogP contribution in [0.3, 0.4) is 0 Å². The van der Waals surface area contributed by atoms with E-state index in [1.54, 1.807) is 0 Å². The third-order valence-corrected chi connectivity index (χ3v) is 2.68. The third-order valence-electron chi connectivity index (χ3n) is 2.26. The molecule has 2 heteroatoms. The zero-order chi connectivity index (χ0) is 6.27. The molecule has 2 rings (SSSR count). The number of hydrogen-bond donors (Lipinski definition) is 1. The highest BCUT2D eigenvalue weighted by Crippen LogP contribution is 2.30. The van der Waals surface area contributed by atoms with Crippen LogP contribution in [0.1, 0.15) is 19.3 Å². The van der Waals surface area contributed by atoms with E-state index in [0.29, 0.717) is 5.25 Å². The first-order valence-corrected chi connectivity index (χ1v) is 4.30. The number of thiol groups is 1. The van der Waals surface area contributed by atoms with E-state index in [1.165, 1.54) is 32.4 Å². The smallest absolute Gasteiger partial charge is 0.0157 e. The van der Waals surface area contributed by atoms with Gasteiger partial charge in [-0.15, -0.1) is 0 Å². The molecule has 1 unspecified atom stereocenters. The van der Waals surface area contributed by atoms with E-state index in [0.717, 1.165) is 6.04 Å². The molecule has 1 nitrogen and oxygen atoms in total. The quantitative estimate of drug-likeness (QED) is 0.539. The van der Waals surface area contributed by atoms with Crippen LogP contribution in [-0.4, -0.2) is 29.3 Å². The fourth-order valence-electron chi connectivity index (χ4n) is 1.54. The summed E-state index contributed by atoms with van der Waals surface area (Å²) in [5.74, 6) is 0. The van der Waals surface area contributed by atoms with Crippen molar-refractivity contribution in [1.29, 1.82) is 0 Å². The van der Waals surface area contributed by atoms with Gasteiger partial charge in [-0.1, -0.05) is 0 Å². The van der Waals surface area contributed by atoms with Gasteiger partial charge in [0.2, 0.25) is 0 Å². The summed E-state index contributed by atoms with van der Waals surface area (Å²) in [7, 11) is 0. The van der Waals surface area contributed by atoms with E-state index in [4.69, 9.17) is 0 Å². The molecule has 0 radical (unpaired) electrons. The molecule has 9 heavy (non-hydrogen) atoms. The summed E-state index contributed by atoms with van der Waals surface area (Å²) in [6, 6.07) is 0.960. The highest BCUT2D eigenvalue weighted by molar-refractivity contribution is 7.81. The van der Waals surface area contributed by atoms with Crippen LogP contribution >= 0.6 is 12.6 Å². The fraction of sp³-hybridized carbons (Fsp3) is 1.00. The van der Waals surface area contributed by atoms with Crippen molar-refractivity contribution in [3.63, 3.8) is 0 Å². The third kappa shape index (κ3) is 1.24. The second kappa shape index (κ2) is 2.17. The topological polar surface area (TPSA) is 3.24 Å². The van der Waals surface area contributed by atoms with Gasteiger partial charge in [-0.05, 0) is 25.8 Å². The Balaban J connectivity index is 1.86. The van der Waals surface area contributed by atoms with Crippen LogP contribution in [0.15, 0.2) is 0 Å². The van der Waals surface area contributed by atoms with Crippen molar-refractivity contribution in [3.8, 4) is 0 Å². The molecule has 0 aromatic carbocycles. The second-order valence-corrected chi connectivity index (χ2v) is 3.90. The Hall–Kier alpha value is 0.310. The zero-order valence-corrected chi connectivity index (χ0v) is 6.48. The first-order valence-electron chi connectivity index (χ1n) is 3.78. The van der Waals surface area contributed by atoms with Gasteiger partial charge in [0, 0.05) is 17.8 Å². The minimum Gasteiger partial charge on any atom is -0.299 e. The van der Waals surface area contributed by atoms with Gasteiger partial charge in [0.15, 0.2) is 0 Å². The average Bonchev–Trinajstić information content (AvgIpc) is 2.58. The summed E-state index contributed by atoms with van der Waals surface area (Å²) in [5.41, 5.74) is 0. The van der Waals surface area contributed by atoms with Crippen molar-refractivity contribution in [2.24, 2.45) is 0 Å². The van der Waals surface area contributed by atoms with Gasteiger partial charge in [-0.2, -0.15) is 12.6 Å². The minimum absolute atomic E-state index is 0.672. The van der Waals surface area contributed by atoms with Gasteiger partial charge in [-0.3, -0.25) is 4.90 Å². The predicted molar refractivity (Wildman–Crippen MR) is 42.0 cm³/mol. The maximum atomic E-state index is 4.43. The molecule has 1 saturated carbocycles. The Morgan fingerprint density at radius 1 is 1.22 bits per heavy atom. The number of likely N-dealkylation sites (tertiary alicyclic amines) is 1. The van der Waals surface area contributed by atoms with Gasteiger partial charge in [0.25, 0.3) is 0 Å². The molecule has 0 spiro atoms. The molecule has 0 amide bonds. The number of hydrogen-bond acceptors (Lipinski definition) is 2. The zero-order valence-electron chi connectivity index (χ0n) is 5.58. The Bertz CT molecular complexity index is 111. The average molecular weight is 143 g/mol. The minimum atomic E-state index is 0.672. The number of nitrogens with zero attached hydrogens (tertiary/aromatic N) is 1. The van der Waals surface area contributed by atoms with Crippen molar-refractivity contribution in [3.05, 3.63) is 0 Å². The van der Waals surface area contributed by atoms with Crippen molar-refractivity contribution < 1.29 is 0 Å². The monoisotopic (exact) mass is 143 g/mol. The van der Waals surface area contributed by atoms with E-state index < -0.39 is 0 Å². The van der Waals surface area contributed by atoms with Crippen molar-refractivity contribution in [2.45, 2.75) is 30.6 Å². The van der Waals surface area contributed by atoms with Gasteiger partial charge in [0.1, 0.15) is 0 Å². The molecular weight excluding hydrogens is 130 g/mol. The van der Waals surface area contributed by atoms with E-state index in [9.17, 15) is 0 Å². The van der Waals surface area contributed by atoms with E-state index in [1.807, 2.05) is 0 Å². The molecule has 0 aromatic heterocycles. The molecule has 1 heterocycles. The van der Waals surface area contributed by atoms with Gasteiger partial charge >= 0.3 is 0 Å². The molecule has 1 aliphatic heterocycles. The Kier molecular flexibility index (Phi) is 1.46. The van der Waals surface area contributed by atoms with E-state index >= 15 is 0 Å². The Morgan fingerprint density at radius 2 is 2.00 bits per heavy atom. The molecule has 2 fully saturated rings. The van der Waals surface area contributed by atoms with Crippen LogP contribution in [0.2, 0.25) is 0 Å². The van der Waals surface area contributed by atoms with Crippen LogP contribution in [0.4, 0.5) is 0 Å². The molecule has 2 aliphatic rings. The maximum absolute atomic E-state index is 4.43. The lowest BCUT2D eigenvalue weighted by atomic mass is 10.4. The molecule has 1 aliphatic carbocycles. The van der Waals surface area contributed by atoms with Crippen molar-refractivity contribution >= 4 is 12.6 Å². The summed E-state index contributed by atoms with van der Waals surface area (Å²) in [5, 5.41) is 0.672. The highest BCUT2D eigenvalue weighted by atomic mass is 32.1. The highest BCUT2D eigenvalue weighted by Gasteiger charge is 2.32. The van der Waals surface area contributed by atoms with Crippen molar-refractivity contribution in [1.82, 2.24) is 4.90 Å². The number of rotatable bonds is 1. The summed E-state index contributed by atoms with van der Waals surface area (Å²) in [6.45, 7) is 2.55. The largest absolute Gasteiger partial charge is 0.299 e. The normalized spacial score (nSPS) is 37.7. The molecule has 1 atom stereocenters. The van der Waals surface area contributed by atoms with Crippen LogP contribution in [0.5, 0.6) is 0 Å². The summed E-state index contributed by atoms with van der Waals surface area (Å²) in [6.07, 6.45) is 4.20. The molecule has 0 aromatic rings. The lowest BCUT2D eigenvalue weighted by molar-refractivity contribution is 0.329. The first-order chi connectivity index (χ1) is 4.36. The SMILES string of the molecule is SC1CCN(C2CC2)C1. The van der Waals surface area contributed by atoms with Gasteiger partial charge in [-0.25, -0.2) is 0 Å².